The minimum atomic E-state index is -0.637. The van der Waals surface area contributed by atoms with Gasteiger partial charge in [0.15, 0.2) is 0 Å². The lowest BCUT2D eigenvalue weighted by atomic mass is 9.96. The minimum absolute atomic E-state index is 0.212. The third-order valence-electron chi connectivity index (χ3n) is 3.49. The van der Waals surface area contributed by atoms with Crippen LogP contribution >= 0.6 is 0 Å². The lowest BCUT2D eigenvalue weighted by Gasteiger charge is -2.29. The Labute approximate surface area is 115 Å². The summed E-state index contributed by atoms with van der Waals surface area (Å²) in [5, 5.41) is 0. The summed E-state index contributed by atoms with van der Waals surface area (Å²) in [4.78, 5) is 0. The summed E-state index contributed by atoms with van der Waals surface area (Å²) in [5.41, 5.74) is 0.648. The Morgan fingerprint density at radius 1 is 1.16 bits per heavy atom. The second-order valence-electron chi connectivity index (χ2n) is 6.06. The van der Waals surface area contributed by atoms with E-state index < -0.39 is 5.60 Å². The first-order chi connectivity index (χ1) is 8.68. The number of benzene rings is 1. The number of hydrogen-bond donors (Lipinski definition) is 0. The van der Waals surface area contributed by atoms with E-state index in [2.05, 4.69) is 0 Å². The van der Waals surface area contributed by atoms with Crippen LogP contribution < -0.4 is 0 Å². The van der Waals surface area contributed by atoms with Crippen LogP contribution in [-0.2, 0) is 15.1 Å². The molecule has 0 amide bonds. The molecule has 2 nitrogen and oxygen atoms in total. The molecule has 1 aromatic rings. The molecule has 0 spiro atoms. The highest BCUT2D eigenvalue weighted by molar-refractivity contribution is 5.27. The Bertz CT molecular complexity index is 425. The Morgan fingerprint density at radius 2 is 1.79 bits per heavy atom. The molecule has 19 heavy (non-hydrogen) atoms. The molecular weight excluding hydrogens is 243 g/mol. The molecule has 1 aromatic carbocycles. The van der Waals surface area contributed by atoms with E-state index in [1.165, 1.54) is 0 Å². The van der Waals surface area contributed by atoms with Gasteiger partial charge in [0, 0.05) is 12.7 Å². The third kappa shape index (κ3) is 4.59. The van der Waals surface area contributed by atoms with Gasteiger partial charge < -0.3 is 9.47 Å². The van der Waals surface area contributed by atoms with Gasteiger partial charge >= 0.3 is 0 Å². The minimum Gasteiger partial charge on any atom is -0.379 e. The molecule has 3 heteroatoms. The van der Waals surface area contributed by atoms with Crippen LogP contribution in [0.1, 0.15) is 45.2 Å². The van der Waals surface area contributed by atoms with Crippen LogP contribution in [0.3, 0.4) is 0 Å². The number of hydrogen-bond acceptors (Lipinski definition) is 2. The van der Waals surface area contributed by atoms with Crippen molar-refractivity contribution in [2.45, 2.75) is 52.2 Å². The first-order valence-electron chi connectivity index (χ1n) is 6.64. The average molecular weight is 268 g/mol. The fourth-order valence-corrected chi connectivity index (χ4v) is 1.84. The van der Waals surface area contributed by atoms with Gasteiger partial charge in [0.1, 0.15) is 5.82 Å². The van der Waals surface area contributed by atoms with Gasteiger partial charge in [-0.15, -0.1) is 0 Å². The van der Waals surface area contributed by atoms with Crippen molar-refractivity contribution in [3.63, 3.8) is 0 Å². The molecule has 0 aliphatic heterocycles. The molecule has 108 valence electrons. The SMILES string of the molecule is COC(C)(C)CCOC(C)(C)c1ccc(C)cc1F. The van der Waals surface area contributed by atoms with E-state index in [9.17, 15) is 4.39 Å². The van der Waals surface area contributed by atoms with E-state index in [0.717, 1.165) is 12.0 Å². The van der Waals surface area contributed by atoms with Crippen molar-refractivity contribution in [1.82, 2.24) is 0 Å². The predicted octanol–water partition coefficient (Wildman–Crippen LogP) is 4.20. The Kier molecular flexibility index (Phi) is 5.11. The zero-order valence-electron chi connectivity index (χ0n) is 12.8. The van der Waals surface area contributed by atoms with E-state index in [-0.39, 0.29) is 11.4 Å². The number of rotatable bonds is 6. The predicted molar refractivity (Wildman–Crippen MR) is 75.8 cm³/mol. The van der Waals surface area contributed by atoms with Crippen molar-refractivity contribution in [1.29, 1.82) is 0 Å². The quantitative estimate of drug-likeness (QED) is 0.769. The van der Waals surface area contributed by atoms with Crippen LogP contribution in [-0.4, -0.2) is 19.3 Å². The molecule has 0 aliphatic rings. The fraction of sp³-hybridized carbons (Fsp3) is 0.625. The van der Waals surface area contributed by atoms with E-state index in [0.29, 0.717) is 12.2 Å². The topological polar surface area (TPSA) is 18.5 Å². The van der Waals surface area contributed by atoms with Crippen LogP contribution in [0.15, 0.2) is 18.2 Å². The molecule has 0 saturated heterocycles. The summed E-state index contributed by atoms with van der Waals surface area (Å²) >= 11 is 0. The van der Waals surface area contributed by atoms with Gasteiger partial charge in [0.05, 0.1) is 17.8 Å². The molecular formula is C16H25FO2. The lowest BCUT2D eigenvalue weighted by molar-refractivity contribution is -0.0622. The van der Waals surface area contributed by atoms with Crippen molar-refractivity contribution < 1.29 is 13.9 Å². The van der Waals surface area contributed by atoms with Crippen LogP contribution in [0, 0.1) is 12.7 Å². The van der Waals surface area contributed by atoms with E-state index in [4.69, 9.17) is 9.47 Å². The van der Waals surface area contributed by atoms with Gasteiger partial charge in [-0.05, 0) is 52.7 Å². The maximum absolute atomic E-state index is 14.0. The molecule has 0 bridgehead atoms. The molecule has 1 rings (SSSR count). The van der Waals surface area contributed by atoms with Gasteiger partial charge in [-0.1, -0.05) is 12.1 Å². The van der Waals surface area contributed by atoms with E-state index in [1.54, 1.807) is 19.2 Å². The van der Waals surface area contributed by atoms with Crippen LogP contribution in [0.4, 0.5) is 4.39 Å². The first kappa shape index (κ1) is 16.1. The Hall–Kier alpha value is -0.930. The maximum atomic E-state index is 14.0. The highest BCUT2D eigenvalue weighted by atomic mass is 19.1. The number of aryl methyl sites for hydroxylation is 1. The molecule has 0 atom stereocenters. The zero-order valence-corrected chi connectivity index (χ0v) is 12.8. The standard InChI is InChI=1S/C16H25FO2/c1-12-7-8-13(14(17)11-12)16(4,5)19-10-9-15(2,3)18-6/h7-8,11H,9-10H2,1-6H3. The van der Waals surface area contributed by atoms with E-state index >= 15 is 0 Å². The highest BCUT2D eigenvalue weighted by Gasteiger charge is 2.26. The first-order valence-corrected chi connectivity index (χ1v) is 6.64. The summed E-state index contributed by atoms with van der Waals surface area (Å²) in [5.74, 6) is -0.212. The molecule has 0 radical (unpaired) electrons. The Morgan fingerprint density at radius 3 is 2.32 bits per heavy atom. The largest absolute Gasteiger partial charge is 0.379 e. The van der Waals surface area contributed by atoms with Gasteiger partial charge in [0.2, 0.25) is 0 Å². The van der Waals surface area contributed by atoms with Crippen molar-refractivity contribution >= 4 is 0 Å². The van der Waals surface area contributed by atoms with Crippen molar-refractivity contribution in [2.75, 3.05) is 13.7 Å². The summed E-state index contributed by atoms with van der Waals surface area (Å²) in [6.45, 7) is 10.2. The average Bonchev–Trinajstić information content (AvgIpc) is 2.27. The van der Waals surface area contributed by atoms with Crippen molar-refractivity contribution in [3.05, 3.63) is 35.1 Å². The maximum Gasteiger partial charge on any atom is 0.129 e. The number of ether oxygens (including phenoxy) is 2. The summed E-state index contributed by atoms with van der Waals surface area (Å²) in [6.07, 6.45) is 0.764. The molecule has 0 N–H and O–H groups in total. The molecule has 0 heterocycles. The van der Waals surface area contributed by atoms with Crippen molar-refractivity contribution in [2.24, 2.45) is 0 Å². The van der Waals surface area contributed by atoms with Crippen LogP contribution in [0.2, 0.25) is 0 Å². The summed E-state index contributed by atoms with van der Waals surface area (Å²) in [6, 6.07) is 5.24. The molecule has 0 aromatic heterocycles. The molecule has 0 unspecified atom stereocenters. The highest BCUT2D eigenvalue weighted by Crippen LogP contribution is 2.28. The number of halogens is 1. The van der Waals surface area contributed by atoms with Gasteiger partial charge in [-0.25, -0.2) is 4.39 Å². The second kappa shape index (κ2) is 6.02. The van der Waals surface area contributed by atoms with Crippen LogP contribution in [0.5, 0.6) is 0 Å². The molecule has 0 fully saturated rings. The fourth-order valence-electron chi connectivity index (χ4n) is 1.84. The zero-order chi connectivity index (χ0) is 14.7. The van der Waals surface area contributed by atoms with E-state index in [1.807, 2.05) is 40.7 Å². The normalized spacial score (nSPS) is 12.8. The molecule has 0 saturated carbocycles. The molecule has 0 aliphatic carbocycles. The summed E-state index contributed by atoms with van der Waals surface area (Å²) in [7, 11) is 1.69. The monoisotopic (exact) mass is 268 g/mol. The summed E-state index contributed by atoms with van der Waals surface area (Å²) < 4.78 is 25.2. The van der Waals surface area contributed by atoms with Gasteiger partial charge in [-0.3, -0.25) is 0 Å². The lowest BCUT2D eigenvalue weighted by Crippen LogP contribution is -2.29. The third-order valence-corrected chi connectivity index (χ3v) is 3.49. The smallest absolute Gasteiger partial charge is 0.129 e. The van der Waals surface area contributed by atoms with Crippen molar-refractivity contribution in [3.8, 4) is 0 Å². The Balaban J connectivity index is 2.70. The van der Waals surface area contributed by atoms with Crippen LogP contribution in [0.25, 0.3) is 0 Å². The van der Waals surface area contributed by atoms with Gasteiger partial charge in [0.25, 0.3) is 0 Å². The number of methoxy groups -OCH3 is 1. The second-order valence-corrected chi connectivity index (χ2v) is 6.06. The van der Waals surface area contributed by atoms with Gasteiger partial charge in [-0.2, -0.15) is 0 Å².